The van der Waals surface area contributed by atoms with Crippen molar-refractivity contribution in [1.82, 2.24) is 15.0 Å². The molecule has 0 spiro atoms. The van der Waals surface area contributed by atoms with Crippen LogP contribution in [0, 0.1) is 6.92 Å². The van der Waals surface area contributed by atoms with Crippen LogP contribution in [0.1, 0.15) is 16.2 Å². The van der Waals surface area contributed by atoms with Gasteiger partial charge in [-0.15, -0.1) is 0 Å². The minimum atomic E-state index is -0.297. The number of carbonyl (C=O) groups excluding carboxylic acids is 1. The number of hydrogen-bond acceptors (Lipinski definition) is 7. The number of benzene rings is 1. The lowest BCUT2D eigenvalue weighted by Gasteiger charge is -2.27. The summed E-state index contributed by atoms with van der Waals surface area (Å²) in [5.74, 6) is 0.996. The summed E-state index contributed by atoms with van der Waals surface area (Å²) < 4.78 is 10.6. The predicted octanol–water partition coefficient (Wildman–Crippen LogP) is 2.43. The van der Waals surface area contributed by atoms with E-state index >= 15 is 0 Å². The maximum atomic E-state index is 12.7. The highest BCUT2D eigenvalue weighted by atomic mass is 16.5. The Morgan fingerprint density at radius 1 is 1.18 bits per heavy atom. The van der Waals surface area contributed by atoms with E-state index in [1.54, 1.807) is 19.4 Å². The van der Waals surface area contributed by atoms with Crippen molar-refractivity contribution in [1.29, 1.82) is 0 Å². The Bertz CT molecular complexity index is 1020. The van der Waals surface area contributed by atoms with Crippen molar-refractivity contribution in [2.75, 3.05) is 43.6 Å². The van der Waals surface area contributed by atoms with E-state index in [9.17, 15) is 4.79 Å². The summed E-state index contributed by atoms with van der Waals surface area (Å²) in [7, 11) is 1.62. The van der Waals surface area contributed by atoms with Gasteiger partial charge < -0.3 is 19.7 Å². The van der Waals surface area contributed by atoms with Gasteiger partial charge in [-0.1, -0.05) is 0 Å². The molecule has 28 heavy (non-hydrogen) atoms. The molecule has 3 heterocycles. The van der Waals surface area contributed by atoms with Crippen molar-refractivity contribution in [2.45, 2.75) is 6.92 Å². The molecule has 1 N–H and O–H groups in total. The Labute approximate surface area is 162 Å². The summed E-state index contributed by atoms with van der Waals surface area (Å²) in [4.78, 5) is 28.1. The number of methoxy groups -OCH3 is 1. The molecular formula is C20H21N5O3. The number of anilines is 2. The number of hydrogen-bond donors (Lipinski definition) is 1. The molecule has 3 aromatic rings. The van der Waals surface area contributed by atoms with Crippen LogP contribution in [0.25, 0.3) is 10.9 Å². The Hall–Kier alpha value is -3.26. The smallest absolute Gasteiger partial charge is 0.274 e. The van der Waals surface area contributed by atoms with E-state index in [-0.39, 0.29) is 5.91 Å². The number of amides is 1. The van der Waals surface area contributed by atoms with Gasteiger partial charge in [-0.3, -0.25) is 9.78 Å². The number of morpholine rings is 1. The van der Waals surface area contributed by atoms with Crippen molar-refractivity contribution < 1.29 is 14.3 Å². The highest BCUT2D eigenvalue weighted by molar-refractivity contribution is 6.03. The Morgan fingerprint density at radius 3 is 2.79 bits per heavy atom. The second kappa shape index (κ2) is 7.77. The zero-order valence-electron chi connectivity index (χ0n) is 15.8. The molecule has 1 aliphatic heterocycles. The van der Waals surface area contributed by atoms with Crippen LogP contribution in [0.15, 0.2) is 36.5 Å². The summed E-state index contributed by atoms with van der Waals surface area (Å²) in [6, 6.07) is 9.17. The SMILES string of the molecule is COc1ccc2cc(NC(=O)c3cc(C)nc(N4CCOCC4)n3)cnc2c1. The molecule has 144 valence electrons. The Kier molecular flexibility index (Phi) is 5.03. The van der Waals surface area contributed by atoms with Gasteiger partial charge in [0.05, 0.1) is 37.7 Å². The van der Waals surface area contributed by atoms with Gasteiger partial charge in [0.25, 0.3) is 5.91 Å². The second-order valence-electron chi connectivity index (χ2n) is 6.53. The molecule has 1 fully saturated rings. The minimum absolute atomic E-state index is 0.297. The van der Waals surface area contributed by atoms with Crippen LogP contribution in [-0.4, -0.2) is 54.3 Å². The monoisotopic (exact) mass is 379 g/mol. The van der Waals surface area contributed by atoms with E-state index in [0.717, 1.165) is 22.3 Å². The van der Waals surface area contributed by atoms with E-state index in [0.29, 0.717) is 43.6 Å². The first-order valence-electron chi connectivity index (χ1n) is 9.06. The first-order valence-corrected chi connectivity index (χ1v) is 9.06. The van der Waals surface area contributed by atoms with E-state index in [1.807, 2.05) is 36.1 Å². The molecule has 0 atom stereocenters. The number of aryl methyl sites for hydroxylation is 1. The topological polar surface area (TPSA) is 89.5 Å². The fourth-order valence-corrected chi connectivity index (χ4v) is 3.07. The predicted molar refractivity (Wildman–Crippen MR) is 106 cm³/mol. The molecule has 8 heteroatoms. The fourth-order valence-electron chi connectivity index (χ4n) is 3.07. The van der Waals surface area contributed by atoms with Crippen molar-refractivity contribution in [3.8, 4) is 5.75 Å². The van der Waals surface area contributed by atoms with Gasteiger partial charge in [-0.2, -0.15) is 0 Å². The van der Waals surface area contributed by atoms with Crippen LogP contribution in [0.4, 0.5) is 11.6 Å². The van der Waals surface area contributed by atoms with E-state index < -0.39 is 0 Å². The van der Waals surface area contributed by atoms with Crippen LogP contribution < -0.4 is 15.0 Å². The summed E-state index contributed by atoms with van der Waals surface area (Å²) in [5.41, 5.74) is 2.46. The van der Waals surface area contributed by atoms with Gasteiger partial charge in [0.15, 0.2) is 0 Å². The summed E-state index contributed by atoms with van der Waals surface area (Å²) >= 11 is 0. The molecule has 4 rings (SSSR count). The zero-order chi connectivity index (χ0) is 19.5. The van der Waals surface area contributed by atoms with Crippen LogP contribution >= 0.6 is 0 Å². The number of nitrogens with zero attached hydrogens (tertiary/aromatic N) is 4. The molecule has 1 amide bonds. The number of carbonyl (C=O) groups is 1. The average molecular weight is 379 g/mol. The number of aromatic nitrogens is 3. The first-order chi connectivity index (χ1) is 13.6. The van der Waals surface area contributed by atoms with E-state index in [4.69, 9.17) is 9.47 Å². The van der Waals surface area contributed by atoms with Crippen LogP contribution in [0.2, 0.25) is 0 Å². The summed E-state index contributed by atoms with van der Waals surface area (Å²) in [5, 5.41) is 3.78. The van der Waals surface area contributed by atoms with Crippen LogP contribution in [0.3, 0.4) is 0 Å². The third-order valence-electron chi connectivity index (χ3n) is 4.52. The Morgan fingerprint density at radius 2 is 2.00 bits per heavy atom. The minimum Gasteiger partial charge on any atom is -0.497 e. The molecule has 0 aliphatic carbocycles. The lowest BCUT2D eigenvalue weighted by Crippen LogP contribution is -2.37. The van der Waals surface area contributed by atoms with E-state index in [1.165, 1.54) is 0 Å². The quantitative estimate of drug-likeness (QED) is 0.745. The van der Waals surface area contributed by atoms with Crippen molar-refractivity contribution in [3.05, 3.63) is 47.9 Å². The van der Waals surface area contributed by atoms with Gasteiger partial charge in [0.1, 0.15) is 11.4 Å². The summed E-state index contributed by atoms with van der Waals surface area (Å²) in [6.07, 6.45) is 1.62. The first kappa shape index (κ1) is 18.1. The highest BCUT2D eigenvalue weighted by Gasteiger charge is 2.17. The number of rotatable bonds is 4. The Balaban J connectivity index is 1.56. The molecular weight excluding hydrogens is 358 g/mol. The van der Waals surface area contributed by atoms with Gasteiger partial charge >= 0.3 is 0 Å². The molecule has 0 radical (unpaired) electrons. The molecule has 1 aliphatic rings. The number of ether oxygens (including phenoxy) is 2. The summed E-state index contributed by atoms with van der Waals surface area (Å²) in [6.45, 7) is 4.54. The molecule has 0 bridgehead atoms. The van der Waals surface area contributed by atoms with Crippen molar-refractivity contribution in [2.24, 2.45) is 0 Å². The molecule has 8 nitrogen and oxygen atoms in total. The normalized spacial score (nSPS) is 14.1. The average Bonchev–Trinajstić information content (AvgIpc) is 2.73. The lowest BCUT2D eigenvalue weighted by atomic mass is 10.2. The molecule has 1 aromatic carbocycles. The van der Waals surface area contributed by atoms with E-state index in [2.05, 4.69) is 20.3 Å². The lowest BCUT2D eigenvalue weighted by molar-refractivity contribution is 0.102. The fraction of sp³-hybridized carbons (Fsp3) is 0.300. The molecule has 0 unspecified atom stereocenters. The molecule has 1 saturated heterocycles. The third-order valence-corrected chi connectivity index (χ3v) is 4.52. The van der Waals surface area contributed by atoms with Gasteiger partial charge in [-0.25, -0.2) is 9.97 Å². The number of nitrogens with one attached hydrogen (secondary N) is 1. The zero-order valence-corrected chi connectivity index (χ0v) is 15.8. The molecule has 0 saturated carbocycles. The van der Waals surface area contributed by atoms with Gasteiger partial charge in [0.2, 0.25) is 5.95 Å². The third kappa shape index (κ3) is 3.86. The van der Waals surface area contributed by atoms with Crippen LogP contribution in [0.5, 0.6) is 5.75 Å². The maximum Gasteiger partial charge on any atom is 0.274 e. The second-order valence-corrected chi connectivity index (χ2v) is 6.53. The number of fused-ring (bicyclic) bond motifs is 1. The van der Waals surface area contributed by atoms with Crippen LogP contribution in [-0.2, 0) is 4.74 Å². The van der Waals surface area contributed by atoms with Gasteiger partial charge in [-0.05, 0) is 31.2 Å². The standard InChI is InChI=1S/C20H21N5O3/c1-13-9-18(24-20(22-13)25-5-7-28-8-6-25)19(26)23-15-10-14-3-4-16(27-2)11-17(14)21-12-15/h3-4,9-12H,5-8H2,1-2H3,(H,23,26). The maximum absolute atomic E-state index is 12.7. The molecule has 2 aromatic heterocycles. The van der Waals surface area contributed by atoms with Gasteiger partial charge in [0, 0.05) is 30.2 Å². The van der Waals surface area contributed by atoms with Crippen molar-refractivity contribution >= 4 is 28.4 Å². The largest absolute Gasteiger partial charge is 0.497 e. The number of pyridine rings is 1. The van der Waals surface area contributed by atoms with Crippen molar-refractivity contribution in [3.63, 3.8) is 0 Å². The highest BCUT2D eigenvalue weighted by Crippen LogP contribution is 2.22.